The van der Waals surface area contributed by atoms with Gasteiger partial charge in [0.1, 0.15) is 17.8 Å². The van der Waals surface area contributed by atoms with Gasteiger partial charge in [-0.1, -0.05) is 30.3 Å². The normalized spacial score (nSPS) is 19.8. The van der Waals surface area contributed by atoms with Crippen molar-refractivity contribution in [3.05, 3.63) is 35.9 Å². The number of nitrogens with one attached hydrogen (secondary N) is 1. The van der Waals surface area contributed by atoms with E-state index in [2.05, 4.69) is 5.32 Å². The van der Waals surface area contributed by atoms with Gasteiger partial charge in [0.25, 0.3) is 0 Å². The van der Waals surface area contributed by atoms with Gasteiger partial charge in [0, 0.05) is 39.3 Å². The molecule has 0 bridgehead atoms. The molecule has 2 saturated heterocycles. The molecule has 0 aliphatic carbocycles. The van der Waals surface area contributed by atoms with E-state index in [-0.39, 0.29) is 38.5 Å². The molecule has 3 N–H and O–H groups in total. The number of rotatable bonds is 4. The van der Waals surface area contributed by atoms with Crippen LogP contribution in [0.15, 0.2) is 30.3 Å². The van der Waals surface area contributed by atoms with Crippen LogP contribution in [0.4, 0.5) is 14.4 Å². The van der Waals surface area contributed by atoms with Gasteiger partial charge >= 0.3 is 18.3 Å². The van der Waals surface area contributed by atoms with Crippen LogP contribution in [0.5, 0.6) is 0 Å². The maximum Gasteiger partial charge on any atom is 0.410 e. The molecule has 2 atom stereocenters. The van der Waals surface area contributed by atoms with Crippen molar-refractivity contribution in [1.82, 2.24) is 20.0 Å². The number of benzene rings is 1. The number of hydrogen-bond donors (Lipinski definition) is 3. The summed E-state index contributed by atoms with van der Waals surface area (Å²) >= 11 is 0. The SMILES string of the molecule is CC(C)(C)OC(=O)N1CCN(C(=O)OCc2ccccc2)CC1CO.CC(C)(C)OC(=O)N1CCNCC1CO. The lowest BCUT2D eigenvalue weighted by atomic mass is 10.2. The zero-order chi connectivity index (χ0) is 29.9. The van der Waals surface area contributed by atoms with E-state index in [9.17, 15) is 19.5 Å². The molecule has 0 radical (unpaired) electrons. The summed E-state index contributed by atoms with van der Waals surface area (Å²) in [5.41, 5.74) is -0.188. The first-order valence-electron chi connectivity index (χ1n) is 13.6. The second kappa shape index (κ2) is 15.1. The molecule has 0 saturated carbocycles. The van der Waals surface area contributed by atoms with Crippen LogP contribution in [-0.2, 0) is 20.8 Å². The minimum Gasteiger partial charge on any atom is -0.445 e. The van der Waals surface area contributed by atoms with Gasteiger partial charge in [0.2, 0.25) is 0 Å². The van der Waals surface area contributed by atoms with E-state index in [1.807, 2.05) is 51.1 Å². The summed E-state index contributed by atoms with van der Waals surface area (Å²) in [6, 6.07) is 8.73. The number of amides is 3. The van der Waals surface area contributed by atoms with Crippen molar-refractivity contribution in [2.24, 2.45) is 0 Å². The molecule has 40 heavy (non-hydrogen) atoms. The largest absolute Gasteiger partial charge is 0.445 e. The van der Waals surface area contributed by atoms with Crippen LogP contribution >= 0.6 is 0 Å². The summed E-state index contributed by atoms with van der Waals surface area (Å²) in [5.74, 6) is 0. The predicted octanol–water partition coefficient (Wildman–Crippen LogP) is 2.42. The fraction of sp³-hybridized carbons (Fsp3) is 0.679. The first-order chi connectivity index (χ1) is 18.7. The Hall–Kier alpha value is -3.09. The van der Waals surface area contributed by atoms with Gasteiger partial charge in [0.05, 0.1) is 25.3 Å². The van der Waals surface area contributed by atoms with Crippen LogP contribution in [0.3, 0.4) is 0 Å². The predicted molar refractivity (Wildman–Crippen MR) is 149 cm³/mol. The third-order valence-corrected chi connectivity index (χ3v) is 5.97. The van der Waals surface area contributed by atoms with Crippen molar-refractivity contribution in [1.29, 1.82) is 0 Å². The Kier molecular flexibility index (Phi) is 12.5. The van der Waals surface area contributed by atoms with Crippen molar-refractivity contribution in [2.45, 2.75) is 71.4 Å². The number of carbonyl (C=O) groups excluding carboxylic acids is 3. The van der Waals surface area contributed by atoms with E-state index >= 15 is 0 Å². The molecule has 3 rings (SSSR count). The summed E-state index contributed by atoms with van der Waals surface area (Å²) in [7, 11) is 0. The highest BCUT2D eigenvalue weighted by atomic mass is 16.6. The Morgan fingerprint density at radius 2 is 1.38 bits per heavy atom. The van der Waals surface area contributed by atoms with Crippen LogP contribution in [0.1, 0.15) is 47.1 Å². The number of carbonyl (C=O) groups is 3. The highest BCUT2D eigenvalue weighted by molar-refractivity contribution is 5.71. The Morgan fingerprint density at radius 3 is 1.90 bits per heavy atom. The van der Waals surface area contributed by atoms with Gasteiger partial charge in [-0.05, 0) is 47.1 Å². The van der Waals surface area contributed by atoms with E-state index in [1.165, 1.54) is 9.80 Å². The van der Waals surface area contributed by atoms with Gasteiger partial charge in [-0.25, -0.2) is 14.4 Å². The highest BCUT2D eigenvalue weighted by Crippen LogP contribution is 2.17. The van der Waals surface area contributed by atoms with Gasteiger partial charge in [-0.2, -0.15) is 0 Å². The maximum absolute atomic E-state index is 12.2. The smallest absolute Gasteiger partial charge is 0.410 e. The lowest BCUT2D eigenvalue weighted by molar-refractivity contribution is -0.0126. The lowest BCUT2D eigenvalue weighted by Gasteiger charge is -2.40. The average molecular weight is 567 g/mol. The Bertz CT molecular complexity index is 948. The van der Waals surface area contributed by atoms with Crippen LogP contribution in [-0.4, -0.2) is 119 Å². The Balaban J connectivity index is 0.000000319. The topological polar surface area (TPSA) is 141 Å². The van der Waals surface area contributed by atoms with Gasteiger partial charge in [-0.3, -0.25) is 4.90 Å². The maximum atomic E-state index is 12.2. The lowest BCUT2D eigenvalue weighted by Crippen LogP contribution is -2.58. The molecule has 2 aliphatic heterocycles. The van der Waals surface area contributed by atoms with Crippen molar-refractivity contribution < 1.29 is 38.8 Å². The first-order valence-corrected chi connectivity index (χ1v) is 13.6. The van der Waals surface area contributed by atoms with Gasteiger partial charge < -0.3 is 39.5 Å². The minimum absolute atomic E-state index is 0.0355. The molecule has 2 aliphatic rings. The van der Waals surface area contributed by atoms with Crippen molar-refractivity contribution >= 4 is 18.3 Å². The second-order valence-corrected chi connectivity index (χ2v) is 11.7. The van der Waals surface area contributed by atoms with Crippen LogP contribution in [0, 0.1) is 0 Å². The van der Waals surface area contributed by atoms with Gasteiger partial charge in [0.15, 0.2) is 0 Å². The molecule has 3 amide bonds. The molecular weight excluding hydrogens is 520 g/mol. The molecule has 2 heterocycles. The summed E-state index contributed by atoms with van der Waals surface area (Å²) in [6.07, 6.45) is -1.28. The third kappa shape index (κ3) is 11.2. The number of aliphatic hydroxyl groups excluding tert-OH is 2. The van der Waals surface area contributed by atoms with Crippen molar-refractivity contribution in [3.8, 4) is 0 Å². The number of nitrogens with zero attached hydrogens (tertiary/aromatic N) is 3. The van der Waals surface area contributed by atoms with E-state index in [4.69, 9.17) is 19.3 Å². The monoisotopic (exact) mass is 566 g/mol. The zero-order valence-electron chi connectivity index (χ0n) is 24.6. The molecular formula is C28H46N4O8. The highest BCUT2D eigenvalue weighted by Gasteiger charge is 2.35. The summed E-state index contributed by atoms with van der Waals surface area (Å²) < 4.78 is 15.9. The summed E-state index contributed by atoms with van der Waals surface area (Å²) in [5, 5.41) is 21.8. The van der Waals surface area contributed by atoms with Crippen LogP contribution in [0.25, 0.3) is 0 Å². The third-order valence-electron chi connectivity index (χ3n) is 5.97. The van der Waals surface area contributed by atoms with Gasteiger partial charge in [-0.15, -0.1) is 0 Å². The van der Waals surface area contributed by atoms with Crippen LogP contribution in [0.2, 0.25) is 0 Å². The molecule has 12 heteroatoms. The van der Waals surface area contributed by atoms with Crippen molar-refractivity contribution in [2.75, 3.05) is 52.5 Å². The molecule has 0 spiro atoms. The molecule has 2 fully saturated rings. The Labute approximate surface area is 237 Å². The standard InChI is InChI=1S/C18H26N2O5.C10H20N2O3/c1-18(2,3)25-17(23)20-10-9-19(11-15(20)12-21)16(22)24-13-14-7-5-4-6-8-14;1-10(2,3)15-9(14)12-5-4-11-6-8(12)7-13/h4-8,15,21H,9-13H2,1-3H3;8,11,13H,4-7H2,1-3H3. The zero-order valence-corrected chi connectivity index (χ0v) is 24.6. The molecule has 1 aromatic rings. The first kappa shape index (κ1) is 33.1. The number of ether oxygens (including phenoxy) is 3. The van der Waals surface area contributed by atoms with E-state index < -0.39 is 29.4 Å². The van der Waals surface area contributed by atoms with E-state index in [0.29, 0.717) is 26.2 Å². The van der Waals surface area contributed by atoms with E-state index in [0.717, 1.165) is 12.1 Å². The molecule has 226 valence electrons. The Morgan fingerprint density at radius 1 is 0.825 bits per heavy atom. The summed E-state index contributed by atoms with van der Waals surface area (Å²) in [4.78, 5) is 40.8. The second-order valence-electron chi connectivity index (χ2n) is 11.7. The number of hydrogen-bond acceptors (Lipinski definition) is 9. The number of aliphatic hydroxyl groups is 2. The fourth-order valence-corrected chi connectivity index (χ4v) is 4.03. The summed E-state index contributed by atoms with van der Waals surface area (Å²) in [6.45, 7) is 13.6. The molecule has 12 nitrogen and oxygen atoms in total. The molecule has 0 aromatic heterocycles. The quantitative estimate of drug-likeness (QED) is 0.469. The van der Waals surface area contributed by atoms with Crippen molar-refractivity contribution in [3.63, 3.8) is 0 Å². The molecule has 2 unspecified atom stereocenters. The van der Waals surface area contributed by atoms with E-state index in [1.54, 1.807) is 25.7 Å². The number of piperazine rings is 2. The minimum atomic E-state index is -0.608. The molecule has 1 aromatic carbocycles. The fourth-order valence-electron chi connectivity index (χ4n) is 4.03. The average Bonchev–Trinajstić information content (AvgIpc) is 2.90. The van der Waals surface area contributed by atoms with Crippen LogP contribution < -0.4 is 5.32 Å².